The van der Waals surface area contributed by atoms with Crippen molar-refractivity contribution in [3.05, 3.63) is 41.7 Å². The molecule has 9 nitrogen and oxygen atoms in total. The molecule has 3 amide bonds. The molecule has 10 heteroatoms. The number of methoxy groups -OCH3 is 1. The first-order valence-corrected chi connectivity index (χ1v) is 14.2. The Morgan fingerprint density at radius 2 is 1.98 bits per heavy atom. The van der Waals surface area contributed by atoms with Crippen molar-refractivity contribution in [3.63, 3.8) is 0 Å². The Kier molecular flexibility index (Phi) is 10.3. The number of ether oxygens (including phenoxy) is 2. The molecular formula is C30H40FN5O4. The van der Waals surface area contributed by atoms with Crippen molar-refractivity contribution in [2.45, 2.75) is 58.9 Å². The molecule has 0 aliphatic carbocycles. The first-order valence-electron chi connectivity index (χ1n) is 14.2. The number of halogens is 1. The number of nitrogens with one attached hydrogen (secondary N) is 1. The predicted octanol–water partition coefficient (Wildman–Crippen LogP) is 6.02. The van der Waals surface area contributed by atoms with Gasteiger partial charge in [-0.05, 0) is 62.3 Å². The van der Waals surface area contributed by atoms with Crippen molar-refractivity contribution in [2.75, 3.05) is 40.0 Å². The Morgan fingerprint density at radius 3 is 2.70 bits per heavy atom. The number of nitrogens with zero attached hydrogens (tertiary/aromatic N) is 4. The summed E-state index contributed by atoms with van der Waals surface area (Å²) in [6.07, 6.45) is 5.99. The number of alkyl halides is 1. The number of hydrogen-bond donors (Lipinski definition) is 1. The van der Waals surface area contributed by atoms with E-state index < -0.39 is 6.09 Å². The molecule has 216 valence electrons. The number of benzene rings is 1. The number of unbranched alkanes of at least 4 members (excludes halogenated alkanes) is 1. The summed E-state index contributed by atoms with van der Waals surface area (Å²) < 4.78 is 23.5. The van der Waals surface area contributed by atoms with E-state index in [1.54, 1.807) is 6.20 Å². The number of fused-ring (bicyclic) bond motifs is 1. The molecule has 1 aromatic heterocycles. The van der Waals surface area contributed by atoms with Gasteiger partial charge in [-0.15, -0.1) is 0 Å². The van der Waals surface area contributed by atoms with E-state index in [9.17, 15) is 14.0 Å². The van der Waals surface area contributed by atoms with E-state index in [-0.39, 0.29) is 12.7 Å². The highest BCUT2D eigenvalue weighted by molar-refractivity contribution is 5.96. The van der Waals surface area contributed by atoms with Crippen molar-refractivity contribution in [2.24, 2.45) is 10.9 Å². The summed E-state index contributed by atoms with van der Waals surface area (Å²) in [7, 11) is 1.33. The van der Waals surface area contributed by atoms with Crippen molar-refractivity contribution < 1.29 is 23.5 Å². The molecule has 2 aromatic rings. The Labute approximate surface area is 235 Å². The zero-order valence-corrected chi connectivity index (χ0v) is 23.7. The summed E-state index contributed by atoms with van der Waals surface area (Å²) >= 11 is 0. The molecule has 0 bridgehead atoms. The van der Waals surface area contributed by atoms with E-state index in [1.165, 1.54) is 7.11 Å². The SMILES string of the molecule is CCCCC(=Nc1cc(-c2ccc3c(c2)CN(C(=O)N2CCC(CCF)CC2)CCO3)cnc1C)NC(=O)OC. The van der Waals surface area contributed by atoms with Crippen LogP contribution in [0.3, 0.4) is 0 Å². The molecule has 1 saturated heterocycles. The number of carbonyl (C=O) groups excluding carboxylic acids is 2. The fourth-order valence-corrected chi connectivity index (χ4v) is 5.10. The number of alkyl carbamates (subject to hydrolysis) is 1. The first kappa shape index (κ1) is 29.3. The van der Waals surface area contributed by atoms with Crippen molar-refractivity contribution in [1.82, 2.24) is 20.1 Å². The number of amidine groups is 1. The van der Waals surface area contributed by atoms with Gasteiger partial charge in [-0.2, -0.15) is 0 Å². The van der Waals surface area contributed by atoms with Crippen molar-refractivity contribution in [1.29, 1.82) is 0 Å². The molecule has 40 heavy (non-hydrogen) atoms. The normalized spacial score (nSPS) is 16.1. The van der Waals surface area contributed by atoms with E-state index in [0.29, 0.717) is 63.1 Å². The van der Waals surface area contributed by atoms with Crippen LogP contribution in [0.15, 0.2) is 35.5 Å². The lowest BCUT2D eigenvalue weighted by Gasteiger charge is -2.35. The maximum absolute atomic E-state index is 13.4. The summed E-state index contributed by atoms with van der Waals surface area (Å²) in [6, 6.07) is 7.92. The third-order valence-electron chi connectivity index (χ3n) is 7.56. The summed E-state index contributed by atoms with van der Waals surface area (Å²) in [5, 5.41) is 2.72. The van der Waals surface area contributed by atoms with Crippen LogP contribution in [0.1, 0.15) is 56.7 Å². The van der Waals surface area contributed by atoms with Gasteiger partial charge in [0.1, 0.15) is 18.2 Å². The first-order chi connectivity index (χ1) is 19.4. The van der Waals surface area contributed by atoms with E-state index >= 15 is 0 Å². The number of pyridine rings is 1. The van der Waals surface area contributed by atoms with Crippen LogP contribution in [0.2, 0.25) is 0 Å². The second-order valence-corrected chi connectivity index (χ2v) is 10.4. The fraction of sp³-hybridized carbons (Fsp3) is 0.533. The van der Waals surface area contributed by atoms with Gasteiger partial charge >= 0.3 is 12.1 Å². The summed E-state index contributed by atoms with van der Waals surface area (Å²) in [6.45, 7) is 6.37. The minimum Gasteiger partial charge on any atom is -0.491 e. The van der Waals surface area contributed by atoms with Crippen LogP contribution in [0.5, 0.6) is 5.75 Å². The molecule has 2 aliphatic rings. The Bertz CT molecular complexity index is 1210. The number of rotatable bonds is 7. The van der Waals surface area contributed by atoms with Gasteiger partial charge in [0.25, 0.3) is 0 Å². The number of amides is 3. The number of hydrogen-bond acceptors (Lipinski definition) is 6. The smallest absolute Gasteiger partial charge is 0.412 e. The minimum absolute atomic E-state index is 0.00638. The van der Waals surface area contributed by atoms with Gasteiger partial charge in [-0.1, -0.05) is 19.4 Å². The molecule has 4 rings (SSSR count). The Balaban J connectivity index is 1.54. The molecule has 0 spiro atoms. The lowest BCUT2D eigenvalue weighted by atomic mass is 9.94. The van der Waals surface area contributed by atoms with Crippen LogP contribution in [0.4, 0.5) is 19.7 Å². The molecule has 1 fully saturated rings. The van der Waals surface area contributed by atoms with Gasteiger partial charge in [-0.25, -0.2) is 14.6 Å². The molecule has 0 radical (unpaired) electrons. The second kappa shape index (κ2) is 14.1. The van der Waals surface area contributed by atoms with Gasteiger partial charge in [0.05, 0.1) is 38.3 Å². The zero-order chi connectivity index (χ0) is 28.5. The summed E-state index contributed by atoms with van der Waals surface area (Å²) in [4.78, 5) is 38.2. The predicted molar refractivity (Wildman–Crippen MR) is 153 cm³/mol. The largest absolute Gasteiger partial charge is 0.491 e. The molecule has 0 unspecified atom stereocenters. The number of carbonyl (C=O) groups is 2. The van der Waals surface area contributed by atoms with Gasteiger partial charge < -0.3 is 19.3 Å². The van der Waals surface area contributed by atoms with Gasteiger partial charge in [-0.3, -0.25) is 14.7 Å². The van der Waals surface area contributed by atoms with Gasteiger partial charge in [0, 0.05) is 36.8 Å². The van der Waals surface area contributed by atoms with Crippen LogP contribution in [0, 0.1) is 12.8 Å². The standard InChI is InChI=1S/C30H40FN5O4/c1-4-5-6-28(34-29(37)39-3)33-26-18-24(19-32-21(26)2)23-7-8-27-25(17-23)20-36(15-16-40-27)30(38)35-13-10-22(9-12-31)11-14-35/h7-8,17-19,22H,4-6,9-16,20H2,1-3H3,(H,33,34,37). The minimum atomic E-state index is -0.550. The van der Waals surface area contributed by atoms with E-state index in [1.807, 2.05) is 41.0 Å². The molecule has 1 N–H and O–H groups in total. The van der Waals surface area contributed by atoms with E-state index in [2.05, 4.69) is 17.2 Å². The molecular weight excluding hydrogens is 513 g/mol. The molecule has 3 heterocycles. The van der Waals surface area contributed by atoms with Crippen molar-refractivity contribution in [3.8, 4) is 16.9 Å². The van der Waals surface area contributed by atoms with Crippen LogP contribution in [-0.2, 0) is 11.3 Å². The van der Waals surface area contributed by atoms with Crippen LogP contribution >= 0.6 is 0 Å². The summed E-state index contributed by atoms with van der Waals surface area (Å²) in [5.41, 5.74) is 4.15. The third-order valence-corrected chi connectivity index (χ3v) is 7.56. The number of urea groups is 1. The third kappa shape index (κ3) is 7.49. The Morgan fingerprint density at radius 1 is 1.18 bits per heavy atom. The van der Waals surface area contributed by atoms with E-state index in [4.69, 9.17) is 14.5 Å². The van der Waals surface area contributed by atoms with Crippen molar-refractivity contribution >= 4 is 23.6 Å². The number of aliphatic imine (C=N–C) groups is 1. The lowest BCUT2D eigenvalue weighted by Crippen LogP contribution is -2.47. The molecule has 0 atom stereocenters. The average Bonchev–Trinajstić information content (AvgIpc) is 3.19. The second-order valence-electron chi connectivity index (χ2n) is 10.4. The quantitative estimate of drug-likeness (QED) is 0.334. The molecule has 2 aliphatic heterocycles. The summed E-state index contributed by atoms with van der Waals surface area (Å²) in [5.74, 6) is 1.67. The number of aryl methyl sites for hydroxylation is 1. The number of piperidine rings is 1. The van der Waals surface area contributed by atoms with Crippen LogP contribution in [-0.4, -0.2) is 72.8 Å². The maximum Gasteiger partial charge on any atom is 0.412 e. The highest BCUT2D eigenvalue weighted by Crippen LogP contribution is 2.32. The average molecular weight is 554 g/mol. The monoisotopic (exact) mass is 553 g/mol. The highest BCUT2D eigenvalue weighted by Gasteiger charge is 2.28. The molecule has 1 aromatic carbocycles. The fourth-order valence-electron chi connectivity index (χ4n) is 5.10. The maximum atomic E-state index is 13.4. The zero-order valence-electron chi connectivity index (χ0n) is 23.7. The van der Waals surface area contributed by atoms with Crippen LogP contribution < -0.4 is 10.1 Å². The number of likely N-dealkylation sites (tertiary alicyclic amines) is 1. The van der Waals surface area contributed by atoms with E-state index in [0.717, 1.165) is 53.8 Å². The Hall–Kier alpha value is -3.69. The number of aromatic nitrogens is 1. The highest BCUT2D eigenvalue weighted by atomic mass is 19.1. The lowest BCUT2D eigenvalue weighted by molar-refractivity contribution is 0.124. The topological polar surface area (TPSA) is 96.4 Å². The van der Waals surface area contributed by atoms with Crippen LogP contribution in [0.25, 0.3) is 11.1 Å². The van der Waals surface area contributed by atoms with Gasteiger partial charge in [0.2, 0.25) is 0 Å². The van der Waals surface area contributed by atoms with Gasteiger partial charge in [0.15, 0.2) is 0 Å². The molecule has 0 saturated carbocycles.